The summed E-state index contributed by atoms with van der Waals surface area (Å²) in [6.45, 7) is 3.12. The van der Waals surface area contributed by atoms with E-state index in [0.29, 0.717) is 12.9 Å². The summed E-state index contributed by atoms with van der Waals surface area (Å²) in [4.78, 5) is 0. The molecule has 7 heavy (non-hydrogen) atoms. The first-order valence-corrected chi connectivity index (χ1v) is 4.04. The van der Waals surface area contributed by atoms with E-state index in [9.17, 15) is 0 Å². The van der Waals surface area contributed by atoms with Crippen molar-refractivity contribution in [3.63, 3.8) is 0 Å². The predicted octanol–water partition coefficient (Wildman–Crippen LogP) is 2.07. The van der Waals surface area contributed by atoms with Crippen molar-refractivity contribution in [2.24, 2.45) is 0 Å². The Kier molecular flexibility index (Phi) is 23.9. The van der Waals surface area contributed by atoms with Crippen molar-refractivity contribution in [2.45, 2.75) is 0 Å². The van der Waals surface area contributed by atoms with Crippen LogP contribution in [0.25, 0.3) is 0 Å². The molecule has 0 aliphatic heterocycles. The molecule has 0 spiro atoms. The first kappa shape index (κ1) is 10.3. The fourth-order valence-electron chi connectivity index (χ4n) is 0. The van der Waals surface area contributed by atoms with E-state index >= 15 is 0 Å². The topological polar surface area (TPSA) is 23.8 Å². The van der Waals surface area contributed by atoms with Crippen molar-refractivity contribution >= 4 is 20.3 Å². The minimum absolute atomic E-state index is 0.382. The van der Waals surface area contributed by atoms with Gasteiger partial charge < -0.3 is 0 Å². The molecular weight excluding hydrogens is 180 g/mol. The number of nitrogens with zero attached hydrogens (tertiary/aromatic N) is 1. The fourth-order valence-corrected chi connectivity index (χ4v) is 0. The molecule has 4 heteroatoms. The molecule has 43 valence electrons. The molecule has 0 amide bonds. The second kappa shape index (κ2) is 16.2. The molecule has 0 aromatic heterocycles. The summed E-state index contributed by atoms with van der Waals surface area (Å²) in [5, 5.41) is 7.51. The van der Waals surface area contributed by atoms with Crippen LogP contribution >= 0.6 is 20.3 Å². The Hall–Kier alpha value is 0.316. The van der Waals surface area contributed by atoms with Crippen LogP contribution in [0.15, 0.2) is 12.7 Å². The maximum atomic E-state index is 7.51. The van der Waals surface area contributed by atoms with Crippen molar-refractivity contribution in [1.82, 2.24) is 0 Å². The van der Waals surface area contributed by atoms with Crippen LogP contribution in [0.1, 0.15) is 0 Å². The Labute approximate surface area is 57.4 Å². The zero-order valence-corrected chi connectivity index (χ0v) is 5.87. The number of rotatable bonds is 0. The van der Waals surface area contributed by atoms with Crippen molar-refractivity contribution in [3.8, 4) is 6.07 Å². The average molecular weight is 183 g/mol. The zero-order valence-electron chi connectivity index (χ0n) is 3.32. The van der Waals surface area contributed by atoms with Crippen LogP contribution < -0.4 is 0 Å². The van der Waals surface area contributed by atoms with Gasteiger partial charge in [0.1, 0.15) is 0 Å². The number of hydrogen-bond acceptors (Lipinski definition) is 1. The molecule has 0 saturated carbocycles. The van der Waals surface area contributed by atoms with Gasteiger partial charge in [-0.15, -0.1) is 0 Å². The molecule has 0 heterocycles. The average Bonchev–Trinajstić information content (AvgIpc) is 1.69. The summed E-state index contributed by atoms with van der Waals surface area (Å²) in [5.41, 5.74) is 0. The zero-order chi connectivity index (χ0) is 6.12. The number of allylic oxidation sites excluding steroid dienone is 1. The molecule has 0 fully saturated rings. The van der Waals surface area contributed by atoms with Crippen molar-refractivity contribution < 1.29 is 12.9 Å². The van der Waals surface area contributed by atoms with Crippen LogP contribution in [0, 0.1) is 11.3 Å². The Morgan fingerprint density at radius 2 is 1.86 bits per heavy atom. The number of halogens is 2. The summed E-state index contributed by atoms with van der Waals surface area (Å²) >= 11 is 0.382. The van der Waals surface area contributed by atoms with E-state index in [1.807, 2.05) is 0 Å². The summed E-state index contributed by atoms with van der Waals surface area (Å²) in [6, 6.07) is 1.69. The first-order valence-electron chi connectivity index (χ1n) is 1.17. The molecule has 0 saturated heterocycles. The molecule has 0 radical (unpaired) electrons. The SMILES string of the molecule is C=CC#N.[Cl][Co][Cl]. The van der Waals surface area contributed by atoms with Crippen LogP contribution in [-0.4, -0.2) is 0 Å². The summed E-state index contributed by atoms with van der Waals surface area (Å²) in [6.07, 6.45) is 1.18. The van der Waals surface area contributed by atoms with Crippen LogP contribution in [0.5, 0.6) is 0 Å². The van der Waals surface area contributed by atoms with Gasteiger partial charge in [-0.1, -0.05) is 6.58 Å². The molecule has 0 aromatic rings. The van der Waals surface area contributed by atoms with E-state index in [4.69, 9.17) is 25.6 Å². The molecule has 0 aromatic carbocycles. The summed E-state index contributed by atoms with van der Waals surface area (Å²) < 4.78 is 0. The third kappa shape index (κ3) is 67.9. The standard InChI is InChI=1S/C3H3N.2ClH.Co/c1-2-3-4;;;/h2H,1H2;2*1H;/q;;;+2/p-2. The summed E-state index contributed by atoms with van der Waals surface area (Å²) in [5.74, 6) is 0. The molecule has 0 N–H and O–H groups in total. The van der Waals surface area contributed by atoms with Crippen molar-refractivity contribution in [1.29, 1.82) is 5.26 Å². The quantitative estimate of drug-likeness (QED) is 0.527. The first-order chi connectivity index (χ1) is 3.33. The molecule has 0 aliphatic rings. The maximum absolute atomic E-state index is 7.51. The van der Waals surface area contributed by atoms with E-state index in [1.54, 1.807) is 6.07 Å². The van der Waals surface area contributed by atoms with Gasteiger partial charge in [-0.05, 0) is 0 Å². The van der Waals surface area contributed by atoms with E-state index in [-0.39, 0.29) is 0 Å². The predicted molar refractivity (Wildman–Crippen MR) is 27.5 cm³/mol. The molecule has 1 nitrogen and oxygen atoms in total. The van der Waals surface area contributed by atoms with Gasteiger partial charge in [0.15, 0.2) is 0 Å². The van der Waals surface area contributed by atoms with Crippen molar-refractivity contribution in [2.75, 3.05) is 0 Å². The van der Waals surface area contributed by atoms with Gasteiger partial charge in [0, 0.05) is 6.08 Å². The van der Waals surface area contributed by atoms with Crippen LogP contribution in [0.3, 0.4) is 0 Å². The van der Waals surface area contributed by atoms with Gasteiger partial charge in [0.25, 0.3) is 0 Å². The molecule has 0 bridgehead atoms. The van der Waals surface area contributed by atoms with Gasteiger partial charge in [-0.2, -0.15) is 5.26 Å². The third-order valence-electron chi connectivity index (χ3n) is 0.0913. The molecule has 0 atom stereocenters. The molecule has 0 unspecified atom stereocenters. The van der Waals surface area contributed by atoms with Gasteiger partial charge in [0.2, 0.25) is 0 Å². The Morgan fingerprint density at radius 1 is 1.71 bits per heavy atom. The van der Waals surface area contributed by atoms with E-state index in [0.717, 1.165) is 0 Å². The van der Waals surface area contributed by atoms with Crippen molar-refractivity contribution in [3.05, 3.63) is 12.7 Å². The van der Waals surface area contributed by atoms with Crippen LogP contribution in [-0.2, 0) is 12.9 Å². The minimum atomic E-state index is 0.382. The second-order valence-electron chi connectivity index (χ2n) is 0.381. The van der Waals surface area contributed by atoms with E-state index in [2.05, 4.69) is 6.58 Å². The Balaban J connectivity index is 0. The monoisotopic (exact) mass is 182 g/mol. The van der Waals surface area contributed by atoms with Crippen LogP contribution in [0.2, 0.25) is 0 Å². The van der Waals surface area contributed by atoms with Gasteiger partial charge in [-0.3, -0.25) is 0 Å². The molecule has 0 rings (SSSR count). The summed E-state index contributed by atoms with van der Waals surface area (Å²) in [7, 11) is 9.47. The third-order valence-corrected chi connectivity index (χ3v) is 0.0913. The fraction of sp³-hybridized carbons (Fsp3) is 0. The number of hydrogen-bond donors (Lipinski definition) is 0. The van der Waals surface area contributed by atoms with Gasteiger partial charge in [-0.25, -0.2) is 0 Å². The van der Waals surface area contributed by atoms with E-state index < -0.39 is 0 Å². The van der Waals surface area contributed by atoms with Gasteiger partial charge in [0.05, 0.1) is 6.07 Å². The van der Waals surface area contributed by atoms with Crippen LogP contribution in [0.4, 0.5) is 0 Å². The number of nitriles is 1. The second-order valence-corrected chi connectivity index (χ2v) is 2.10. The molecular formula is C3H3Cl2CoN. The normalized spacial score (nSPS) is 5.29. The van der Waals surface area contributed by atoms with E-state index in [1.165, 1.54) is 6.08 Å². The Bertz CT molecular complexity index is 67.8. The Morgan fingerprint density at radius 3 is 1.86 bits per heavy atom. The van der Waals surface area contributed by atoms with Gasteiger partial charge >= 0.3 is 33.2 Å². The molecule has 0 aliphatic carbocycles.